The van der Waals surface area contributed by atoms with E-state index in [0.29, 0.717) is 55.8 Å². The van der Waals surface area contributed by atoms with E-state index in [1.54, 1.807) is 0 Å². The number of benzene rings is 1. The molecule has 0 radical (unpaired) electrons. The number of primary amides is 1. The summed E-state index contributed by atoms with van der Waals surface area (Å²) in [5.74, 6) is -0.404. The van der Waals surface area contributed by atoms with Gasteiger partial charge in [-0.15, -0.1) is 0 Å². The van der Waals surface area contributed by atoms with Gasteiger partial charge in [0.25, 0.3) is 0 Å². The van der Waals surface area contributed by atoms with E-state index < -0.39 is 23.4 Å². The highest BCUT2D eigenvalue weighted by molar-refractivity contribution is 6.36. The van der Waals surface area contributed by atoms with E-state index in [2.05, 4.69) is 25.6 Å². The third-order valence-electron chi connectivity index (χ3n) is 7.30. The average molecular weight is 554 g/mol. The predicted molar refractivity (Wildman–Crippen MR) is 138 cm³/mol. The van der Waals surface area contributed by atoms with E-state index in [1.807, 2.05) is 11.5 Å². The first-order chi connectivity index (χ1) is 17.6. The molecule has 0 unspecified atom stereocenters. The Labute approximate surface area is 222 Å². The first-order valence-electron chi connectivity index (χ1n) is 12.1. The van der Waals surface area contributed by atoms with Gasteiger partial charge >= 0.3 is 0 Å². The minimum absolute atomic E-state index is 0.0139. The van der Waals surface area contributed by atoms with Crippen LogP contribution in [0.4, 0.5) is 26.4 Å². The fraction of sp³-hybridized carbons (Fsp3) is 0.500. The molecule has 37 heavy (non-hydrogen) atoms. The number of carbonyl (C=O) groups is 1. The normalized spacial score (nSPS) is 26.2. The third-order valence-corrected chi connectivity index (χ3v) is 7.81. The number of halogens is 4. The van der Waals surface area contributed by atoms with E-state index in [1.165, 1.54) is 12.3 Å². The van der Waals surface area contributed by atoms with Crippen molar-refractivity contribution in [3.05, 3.63) is 34.2 Å². The van der Waals surface area contributed by atoms with Gasteiger partial charge in [-0.3, -0.25) is 9.36 Å². The topological polar surface area (TPSA) is 120 Å². The van der Waals surface area contributed by atoms with Crippen LogP contribution in [0.5, 0.6) is 0 Å². The van der Waals surface area contributed by atoms with E-state index >= 15 is 0 Å². The molecule has 9 nitrogen and oxygen atoms in total. The van der Waals surface area contributed by atoms with Gasteiger partial charge in [0.15, 0.2) is 5.65 Å². The van der Waals surface area contributed by atoms with Crippen LogP contribution in [0.2, 0.25) is 10.0 Å². The maximum atomic E-state index is 14.8. The third kappa shape index (κ3) is 5.17. The summed E-state index contributed by atoms with van der Waals surface area (Å²) in [5.41, 5.74) is 6.02. The molecule has 2 atom stereocenters. The number of nitrogens with zero attached hydrogens (tertiary/aromatic N) is 4. The highest BCUT2D eigenvalue weighted by Gasteiger charge is 2.38. The number of anilines is 3. The van der Waals surface area contributed by atoms with Crippen LogP contribution in [0.1, 0.15) is 45.1 Å². The number of aromatic nitrogens is 4. The van der Waals surface area contributed by atoms with Crippen LogP contribution in [0.25, 0.3) is 11.2 Å². The Morgan fingerprint density at radius 2 is 2.00 bits per heavy atom. The van der Waals surface area contributed by atoms with Crippen LogP contribution < -0.4 is 16.4 Å². The van der Waals surface area contributed by atoms with Crippen molar-refractivity contribution in [1.82, 2.24) is 19.5 Å². The smallest absolute Gasteiger partial charge is 0.225 e. The van der Waals surface area contributed by atoms with Gasteiger partial charge < -0.3 is 21.1 Å². The fourth-order valence-corrected chi connectivity index (χ4v) is 5.46. The molecule has 3 aromatic rings. The van der Waals surface area contributed by atoms with E-state index in [-0.39, 0.29) is 40.2 Å². The van der Waals surface area contributed by atoms with Crippen molar-refractivity contribution in [2.45, 2.75) is 57.3 Å². The lowest BCUT2D eigenvalue weighted by Crippen LogP contribution is -2.39. The minimum Gasteiger partial charge on any atom is -0.378 e. The summed E-state index contributed by atoms with van der Waals surface area (Å²) < 4.78 is 36.2. The quantitative estimate of drug-likeness (QED) is 0.385. The van der Waals surface area contributed by atoms with Crippen molar-refractivity contribution >= 4 is 57.9 Å². The molecule has 0 spiro atoms. The van der Waals surface area contributed by atoms with Crippen molar-refractivity contribution in [2.24, 2.45) is 11.1 Å². The van der Waals surface area contributed by atoms with Crippen molar-refractivity contribution in [1.29, 1.82) is 0 Å². The highest BCUT2D eigenvalue weighted by atomic mass is 35.5. The molecular weight excluding hydrogens is 527 g/mol. The Morgan fingerprint density at radius 3 is 2.68 bits per heavy atom. The van der Waals surface area contributed by atoms with Gasteiger partial charge in [0.2, 0.25) is 17.8 Å². The van der Waals surface area contributed by atoms with Gasteiger partial charge in [-0.05, 0) is 44.2 Å². The second-order valence-electron chi connectivity index (χ2n) is 9.86. The minimum atomic E-state index is -1.19. The Balaban J connectivity index is 1.54. The molecule has 0 bridgehead atoms. The number of alkyl halides is 1. The van der Waals surface area contributed by atoms with E-state index in [0.717, 1.165) is 6.07 Å². The van der Waals surface area contributed by atoms with E-state index in [9.17, 15) is 13.6 Å². The zero-order chi connectivity index (χ0) is 26.3. The van der Waals surface area contributed by atoms with Gasteiger partial charge in [-0.25, -0.2) is 18.7 Å². The lowest BCUT2D eigenvalue weighted by atomic mass is 9.73. The van der Waals surface area contributed by atoms with Crippen LogP contribution in [0.3, 0.4) is 0 Å². The molecule has 1 aromatic carbocycles. The fourth-order valence-electron chi connectivity index (χ4n) is 4.94. The molecule has 2 aromatic heterocycles. The molecule has 198 valence electrons. The second kappa shape index (κ2) is 10.2. The molecule has 2 aliphatic rings. The van der Waals surface area contributed by atoms with Gasteiger partial charge in [-0.2, -0.15) is 4.98 Å². The molecule has 1 amide bonds. The summed E-state index contributed by atoms with van der Waals surface area (Å²) in [5, 5.41) is 6.33. The van der Waals surface area contributed by atoms with Crippen LogP contribution in [-0.4, -0.2) is 50.9 Å². The number of nitrogens with one attached hydrogen (secondary N) is 2. The number of imidazole rings is 1. The van der Waals surface area contributed by atoms with Crippen molar-refractivity contribution in [2.75, 3.05) is 23.8 Å². The number of nitrogens with two attached hydrogens (primary N) is 1. The summed E-state index contributed by atoms with van der Waals surface area (Å²) in [4.78, 5) is 25.6. The zero-order valence-corrected chi connectivity index (χ0v) is 21.6. The molecule has 2 fully saturated rings. The Bertz CT molecular complexity index is 1310. The van der Waals surface area contributed by atoms with Crippen molar-refractivity contribution in [3.8, 4) is 0 Å². The highest BCUT2D eigenvalue weighted by Crippen LogP contribution is 2.43. The Hall–Kier alpha value is -2.76. The van der Waals surface area contributed by atoms with E-state index in [4.69, 9.17) is 33.7 Å². The van der Waals surface area contributed by atoms with Gasteiger partial charge in [0.05, 0.1) is 29.6 Å². The number of ether oxygens (including phenoxy) is 1. The van der Waals surface area contributed by atoms with Crippen molar-refractivity contribution < 1.29 is 18.3 Å². The number of hydrogen-bond donors (Lipinski definition) is 3. The standard InChI is InChI=1S/C24H27Cl2F2N7O2/c1-24(21(29)36)5-2-13(3-6-24)35-20-18(10-30-22(34-20)31-17-4-7-37-11-16(17)28)32-23(35)33-19-14(26)8-12(25)9-15(19)27/h8-10,13,16-17H,2-7,11H2,1H3,(H2,29,36)(H,32,33)(H,30,31,34)/t13?,16-,17-,24?/m1/s1. The monoisotopic (exact) mass is 553 g/mol. The second-order valence-corrected chi connectivity index (χ2v) is 10.7. The van der Waals surface area contributed by atoms with Crippen LogP contribution in [0.15, 0.2) is 18.3 Å². The molecule has 3 heterocycles. The maximum Gasteiger partial charge on any atom is 0.225 e. The maximum absolute atomic E-state index is 14.8. The van der Waals surface area contributed by atoms with Crippen LogP contribution in [0, 0.1) is 11.2 Å². The molecule has 1 saturated heterocycles. The van der Waals surface area contributed by atoms with Crippen LogP contribution >= 0.6 is 23.2 Å². The average Bonchev–Trinajstić information content (AvgIpc) is 3.20. The lowest BCUT2D eigenvalue weighted by molar-refractivity contribution is -0.128. The first-order valence-corrected chi connectivity index (χ1v) is 12.8. The van der Waals surface area contributed by atoms with Gasteiger partial charge in [0.1, 0.15) is 17.5 Å². The number of fused-ring (bicyclic) bond motifs is 1. The summed E-state index contributed by atoms with van der Waals surface area (Å²) >= 11 is 12.2. The number of hydrogen-bond acceptors (Lipinski definition) is 7. The number of rotatable bonds is 6. The molecule has 1 aliphatic carbocycles. The molecule has 1 saturated carbocycles. The van der Waals surface area contributed by atoms with Gasteiger partial charge in [-0.1, -0.05) is 30.1 Å². The van der Waals surface area contributed by atoms with Gasteiger partial charge in [0, 0.05) is 23.1 Å². The zero-order valence-electron chi connectivity index (χ0n) is 20.1. The van der Waals surface area contributed by atoms with Crippen molar-refractivity contribution in [3.63, 3.8) is 0 Å². The van der Waals surface area contributed by atoms with Crippen LogP contribution in [-0.2, 0) is 9.53 Å². The number of amides is 1. The molecular formula is C24H27Cl2F2N7O2. The Morgan fingerprint density at radius 1 is 1.24 bits per heavy atom. The summed E-state index contributed by atoms with van der Waals surface area (Å²) in [6.07, 6.45) is 3.22. The number of carbonyl (C=O) groups excluding carboxylic acids is 1. The SMILES string of the molecule is CC1(C(N)=O)CCC(n2c(Nc3c(F)cc(Cl)cc3Cl)nc3cnc(N[C@@H]4CCOC[C@H]4F)nc32)CC1. The predicted octanol–water partition coefficient (Wildman–Crippen LogP) is 5.16. The molecule has 5 rings (SSSR count). The molecule has 13 heteroatoms. The lowest BCUT2D eigenvalue weighted by Gasteiger charge is -2.35. The Kier molecular flexibility index (Phi) is 7.12. The molecule has 4 N–H and O–H groups in total. The summed E-state index contributed by atoms with van der Waals surface area (Å²) in [6.45, 7) is 2.32. The molecule has 1 aliphatic heterocycles. The largest absolute Gasteiger partial charge is 0.378 e. The summed E-state index contributed by atoms with van der Waals surface area (Å²) in [7, 11) is 0. The first kappa shape index (κ1) is 25.9. The summed E-state index contributed by atoms with van der Waals surface area (Å²) in [6, 6.07) is 2.00.